The zero-order valence-electron chi connectivity index (χ0n) is 18.0. The van der Waals surface area contributed by atoms with Gasteiger partial charge in [-0.25, -0.2) is 4.68 Å². The van der Waals surface area contributed by atoms with Crippen molar-refractivity contribution in [2.75, 3.05) is 23.3 Å². The van der Waals surface area contributed by atoms with Crippen LogP contribution in [0, 0.1) is 19.8 Å². The maximum absolute atomic E-state index is 12.8. The highest BCUT2D eigenvalue weighted by Gasteiger charge is 2.26. The second-order valence-corrected chi connectivity index (χ2v) is 8.27. The van der Waals surface area contributed by atoms with E-state index in [0.717, 1.165) is 41.9 Å². The molecule has 0 radical (unpaired) electrons. The van der Waals surface area contributed by atoms with E-state index in [-0.39, 0.29) is 17.4 Å². The summed E-state index contributed by atoms with van der Waals surface area (Å²) >= 11 is 0. The molecule has 1 N–H and O–H groups in total. The van der Waals surface area contributed by atoms with Crippen molar-refractivity contribution in [3.05, 3.63) is 87.8 Å². The van der Waals surface area contributed by atoms with Crippen LogP contribution in [0.25, 0.3) is 0 Å². The van der Waals surface area contributed by atoms with Crippen molar-refractivity contribution < 1.29 is 4.79 Å². The van der Waals surface area contributed by atoms with Gasteiger partial charge >= 0.3 is 0 Å². The number of nitrogens with one attached hydrogen (secondary N) is 1. The standard InChI is InChI=1S/C25H28N4O2/c1-18-10-11-22(13-19(18)2)27-25(31)21-9-6-12-28(17-21)23-14-24(30)29(26-15-23)16-20-7-4-3-5-8-20/h3-5,7-8,10-11,13-15,21H,6,9,12,16-17H2,1-2H3,(H,27,31)/t21-/m1/s1. The van der Waals surface area contributed by atoms with E-state index in [1.54, 1.807) is 12.3 Å². The highest BCUT2D eigenvalue weighted by Crippen LogP contribution is 2.23. The van der Waals surface area contributed by atoms with E-state index in [0.29, 0.717) is 13.1 Å². The predicted octanol–water partition coefficient (Wildman–Crippen LogP) is 3.76. The molecule has 160 valence electrons. The molecular weight excluding hydrogens is 388 g/mol. The largest absolute Gasteiger partial charge is 0.369 e. The van der Waals surface area contributed by atoms with Gasteiger partial charge in [0.1, 0.15) is 0 Å². The lowest BCUT2D eigenvalue weighted by atomic mass is 9.96. The Morgan fingerprint density at radius 1 is 1.10 bits per heavy atom. The lowest BCUT2D eigenvalue weighted by Crippen LogP contribution is -2.41. The van der Waals surface area contributed by atoms with E-state index in [4.69, 9.17) is 0 Å². The molecule has 6 heteroatoms. The van der Waals surface area contributed by atoms with Crippen LogP contribution < -0.4 is 15.8 Å². The molecule has 31 heavy (non-hydrogen) atoms. The van der Waals surface area contributed by atoms with Gasteiger partial charge in [-0.05, 0) is 55.5 Å². The van der Waals surface area contributed by atoms with Crippen LogP contribution in [-0.2, 0) is 11.3 Å². The van der Waals surface area contributed by atoms with Gasteiger partial charge in [-0.1, -0.05) is 36.4 Å². The van der Waals surface area contributed by atoms with Gasteiger partial charge in [-0.2, -0.15) is 5.10 Å². The molecule has 0 bridgehead atoms. The molecule has 1 saturated heterocycles. The molecule has 1 aromatic heterocycles. The molecule has 1 amide bonds. The van der Waals surface area contributed by atoms with E-state index in [1.807, 2.05) is 55.5 Å². The maximum Gasteiger partial charge on any atom is 0.269 e. The topological polar surface area (TPSA) is 67.2 Å². The third kappa shape index (κ3) is 5.02. The fraction of sp³-hybridized carbons (Fsp3) is 0.320. The van der Waals surface area contributed by atoms with Gasteiger partial charge in [0.2, 0.25) is 5.91 Å². The van der Waals surface area contributed by atoms with E-state index >= 15 is 0 Å². The summed E-state index contributed by atoms with van der Waals surface area (Å²) in [5.41, 5.74) is 4.86. The van der Waals surface area contributed by atoms with Crippen LogP contribution in [0.1, 0.15) is 29.5 Å². The van der Waals surface area contributed by atoms with Crippen LogP contribution in [-0.4, -0.2) is 28.8 Å². The first-order valence-electron chi connectivity index (χ1n) is 10.7. The van der Waals surface area contributed by atoms with Gasteiger partial charge in [-0.3, -0.25) is 9.59 Å². The minimum Gasteiger partial charge on any atom is -0.369 e. The third-order valence-corrected chi connectivity index (χ3v) is 5.96. The monoisotopic (exact) mass is 416 g/mol. The Balaban J connectivity index is 1.43. The summed E-state index contributed by atoms with van der Waals surface area (Å²) in [7, 11) is 0. The van der Waals surface area contributed by atoms with E-state index in [1.165, 1.54) is 10.2 Å². The van der Waals surface area contributed by atoms with Crippen LogP contribution in [0.15, 0.2) is 65.6 Å². The summed E-state index contributed by atoms with van der Waals surface area (Å²) in [5, 5.41) is 7.42. The zero-order chi connectivity index (χ0) is 21.8. The van der Waals surface area contributed by atoms with Crippen molar-refractivity contribution in [1.29, 1.82) is 0 Å². The highest BCUT2D eigenvalue weighted by atomic mass is 16.2. The molecule has 6 nitrogen and oxygen atoms in total. The molecule has 0 unspecified atom stereocenters. The molecule has 1 atom stereocenters. The van der Waals surface area contributed by atoms with Crippen molar-refractivity contribution in [3.8, 4) is 0 Å². The van der Waals surface area contributed by atoms with Gasteiger partial charge in [-0.15, -0.1) is 0 Å². The number of amides is 1. The Hall–Kier alpha value is -3.41. The number of piperidine rings is 1. The molecule has 4 rings (SSSR count). The fourth-order valence-corrected chi connectivity index (χ4v) is 3.96. The smallest absolute Gasteiger partial charge is 0.269 e. The lowest BCUT2D eigenvalue weighted by Gasteiger charge is -2.33. The molecule has 1 fully saturated rings. The van der Waals surface area contributed by atoms with Crippen LogP contribution in [0.2, 0.25) is 0 Å². The van der Waals surface area contributed by atoms with Crippen LogP contribution in [0.4, 0.5) is 11.4 Å². The average molecular weight is 417 g/mol. The third-order valence-electron chi connectivity index (χ3n) is 5.96. The summed E-state index contributed by atoms with van der Waals surface area (Å²) in [6, 6.07) is 17.4. The van der Waals surface area contributed by atoms with Crippen molar-refractivity contribution in [3.63, 3.8) is 0 Å². The van der Waals surface area contributed by atoms with Gasteiger partial charge < -0.3 is 10.2 Å². The van der Waals surface area contributed by atoms with Crippen molar-refractivity contribution in [2.24, 2.45) is 5.92 Å². The minimum absolute atomic E-state index is 0.0262. The number of hydrogen-bond donors (Lipinski definition) is 1. The van der Waals surface area contributed by atoms with E-state index in [9.17, 15) is 9.59 Å². The van der Waals surface area contributed by atoms with Gasteiger partial charge in [0.15, 0.2) is 0 Å². The predicted molar refractivity (Wildman–Crippen MR) is 124 cm³/mol. The Labute approximate surface area is 182 Å². The van der Waals surface area contributed by atoms with Crippen molar-refractivity contribution in [1.82, 2.24) is 9.78 Å². The molecular formula is C25H28N4O2. The molecule has 0 aliphatic carbocycles. The fourth-order valence-electron chi connectivity index (χ4n) is 3.96. The summed E-state index contributed by atoms with van der Waals surface area (Å²) in [4.78, 5) is 27.5. The molecule has 1 aliphatic heterocycles. The van der Waals surface area contributed by atoms with Crippen LogP contribution in [0.5, 0.6) is 0 Å². The van der Waals surface area contributed by atoms with Gasteiger partial charge in [0, 0.05) is 24.8 Å². The summed E-state index contributed by atoms with van der Waals surface area (Å²) in [5.74, 6) is -0.0968. The molecule has 2 aromatic carbocycles. The van der Waals surface area contributed by atoms with Crippen molar-refractivity contribution in [2.45, 2.75) is 33.2 Å². The van der Waals surface area contributed by atoms with Crippen LogP contribution in [0.3, 0.4) is 0 Å². The molecule has 0 spiro atoms. The number of nitrogens with zero attached hydrogens (tertiary/aromatic N) is 3. The van der Waals surface area contributed by atoms with E-state index < -0.39 is 0 Å². The Morgan fingerprint density at radius 2 is 1.90 bits per heavy atom. The number of hydrogen-bond acceptors (Lipinski definition) is 4. The molecule has 3 aromatic rings. The number of aromatic nitrogens is 2. The maximum atomic E-state index is 12.8. The van der Waals surface area contributed by atoms with Crippen molar-refractivity contribution >= 4 is 17.3 Å². The average Bonchev–Trinajstić information content (AvgIpc) is 2.78. The summed E-state index contributed by atoms with van der Waals surface area (Å²) in [6.07, 6.45) is 3.47. The Kier molecular flexibility index (Phi) is 6.16. The van der Waals surface area contributed by atoms with Crippen LogP contribution >= 0.6 is 0 Å². The normalized spacial score (nSPS) is 16.2. The van der Waals surface area contributed by atoms with E-state index in [2.05, 4.69) is 22.2 Å². The summed E-state index contributed by atoms with van der Waals surface area (Å²) < 4.78 is 1.46. The van der Waals surface area contributed by atoms with Gasteiger partial charge in [0.25, 0.3) is 5.56 Å². The molecule has 0 saturated carbocycles. The Morgan fingerprint density at radius 3 is 2.65 bits per heavy atom. The number of carbonyl (C=O) groups excluding carboxylic acids is 1. The first-order valence-corrected chi connectivity index (χ1v) is 10.7. The zero-order valence-corrected chi connectivity index (χ0v) is 18.0. The molecule has 2 heterocycles. The summed E-state index contributed by atoms with van der Waals surface area (Å²) in [6.45, 7) is 5.95. The first-order chi connectivity index (χ1) is 15.0. The number of anilines is 2. The second kappa shape index (κ2) is 9.16. The number of rotatable bonds is 5. The Bertz CT molecular complexity index is 1120. The quantitative estimate of drug-likeness (QED) is 0.688. The number of benzene rings is 2. The lowest BCUT2D eigenvalue weighted by molar-refractivity contribution is -0.120. The minimum atomic E-state index is -0.136. The second-order valence-electron chi connectivity index (χ2n) is 8.27. The first kappa shape index (κ1) is 20.8. The highest BCUT2D eigenvalue weighted by molar-refractivity contribution is 5.93. The number of carbonyl (C=O) groups is 1. The number of aryl methyl sites for hydroxylation is 2. The molecule has 1 aliphatic rings. The van der Waals surface area contributed by atoms with Gasteiger partial charge in [0.05, 0.1) is 24.3 Å². The SMILES string of the molecule is Cc1ccc(NC(=O)[C@@H]2CCCN(c3cnn(Cc4ccccc4)c(=O)c3)C2)cc1C.